The Hall–Kier alpha value is -2.36. The van der Waals surface area contributed by atoms with E-state index in [0.29, 0.717) is 22.3 Å². The molecule has 1 atom stereocenters. The molecule has 1 aromatic carbocycles. The fourth-order valence-corrected chi connectivity index (χ4v) is 3.17. The minimum atomic E-state index is -0.818. The van der Waals surface area contributed by atoms with Gasteiger partial charge >= 0.3 is 11.9 Å². The molecule has 0 radical (unpaired) electrons. The second-order valence-electron chi connectivity index (χ2n) is 5.82. The molecule has 1 aliphatic heterocycles. The molecule has 27 heavy (non-hydrogen) atoms. The molecule has 1 heterocycles. The van der Waals surface area contributed by atoms with Gasteiger partial charge in [-0.05, 0) is 31.5 Å². The lowest BCUT2D eigenvalue weighted by Crippen LogP contribution is -2.32. The maximum absolute atomic E-state index is 12.7. The number of nitrogens with one attached hydrogen (secondary N) is 1. The molecule has 0 saturated carbocycles. The lowest BCUT2D eigenvalue weighted by molar-refractivity contribution is -0.138. The molecule has 0 spiro atoms. The van der Waals surface area contributed by atoms with Gasteiger partial charge in [0, 0.05) is 16.7 Å². The van der Waals surface area contributed by atoms with E-state index < -0.39 is 17.9 Å². The van der Waals surface area contributed by atoms with E-state index >= 15 is 0 Å². The molecule has 1 aliphatic rings. The van der Waals surface area contributed by atoms with Crippen LogP contribution in [-0.2, 0) is 19.1 Å². The molecule has 0 aliphatic carbocycles. The van der Waals surface area contributed by atoms with Crippen LogP contribution in [0.4, 0.5) is 5.69 Å². The fraction of sp³-hybridized carbons (Fsp3) is 0.333. The predicted octanol–water partition coefficient (Wildman–Crippen LogP) is 2.73. The molecular weight excluding hydrogens is 420 g/mol. The molecule has 0 fully saturated rings. The van der Waals surface area contributed by atoms with Gasteiger partial charge in [-0.3, -0.25) is 5.21 Å². The minimum absolute atomic E-state index is 0.0290. The van der Waals surface area contributed by atoms with E-state index in [9.17, 15) is 20.0 Å². The Bertz CT molecular complexity index is 803. The number of anilines is 1. The molecule has 0 amide bonds. The Morgan fingerprint density at radius 3 is 2.44 bits per heavy atom. The maximum Gasteiger partial charge on any atom is 0.336 e. The fourth-order valence-electron chi connectivity index (χ4n) is 3.01. The maximum atomic E-state index is 12.7. The van der Waals surface area contributed by atoms with E-state index in [0.717, 1.165) is 0 Å². The number of benzene rings is 1. The van der Waals surface area contributed by atoms with Crippen molar-refractivity contribution in [3.05, 3.63) is 57.6 Å². The van der Waals surface area contributed by atoms with E-state index in [1.807, 2.05) is 0 Å². The van der Waals surface area contributed by atoms with Crippen molar-refractivity contribution in [3.8, 4) is 0 Å². The van der Waals surface area contributed by atoms with Crippen molar-refractivity contribution < 1.29 is 24.3 Å². The van der Waals surface area contributed by atoms with Gasteiger partial charge in [-0.15, -0.1) is 0 Å². The number of hydrogen-bond acceptors (Lipinski definition) is 8. The second-order valence-corrected chi connectivity index (χ2v) is 6.61. The Kier molecular flexibility index (Phi) is 7.00. The normalized spacial score (nSPS) is 16.7. The third-order valence-electron chi connectivity index (χ3n) is 4.12. The van der Waals surface area contributed by atoms with Crippen LogP contribution in [0.25, 0.3) is 0 Å². The summed E-state index contributed by atoms with van der Waals surface area (Å²) < 4.78 is 10.1. The van der Waals surface area contributed by atoms with Gasteiger partial charge in [0.05, 0.1) is 29.9 Å². The van der Waals surface area contributed by atoms with Gasteiger partial charge in [0.15, 0.2) is 0 Å². The number of alkyl halides is 1. The highest BCUT2D eigenvalue weighted by Crippen LogP contribution is 2.40. The highest BCUT2D eigenvalue weighted by molar-refractivity contribution is 9.09. The summed E-state index contributed by atoms with van der Waals surface area (Å²) in [5, 5.41) is 23.7. The molecule has 0 saturated heterocycles. The van der Waals surface area contributed by atoms with Gasteiger partial charge in [0.25, 0.3) is 0 Å². The quantitative estimate of drug-likeness (QED) is 0.395. The Labute approximate surface area is 165 Å². The average Bonchev–Trinajstić information content (AvgIpc) is 2.64. The lowest BCUT2D eigenvalue weighted by Gasteiger charge is -2.31. The number of rotatable bonds is 6. The van der Waals surface area contributed by atoms with Crippen molar-refractivity contribution in [2.75, 3.05) is 24.3 Å². The van der Waals surface area contributed by atoms with E-state index in [1.54, 1.807) is 26.0 Å². The average molecular weight is 440 g/mol. The Balaban J connectivity index is 2.64. The number of nitrogens with zero attached hydrogens (tertiary/aromatic N) is 1. The van der Waals surface area contributed by atoms with Gasteiger partial charge in [0.2, 0.25) is 0 Å². The van der Waals surface area contributed by atoms with E-state index in [-0.39, 0.29) is 28.7 Å². The first-order valence-corrected chi connectivity index (χ1v) is 9.20. The topological polar surface area (TPSA) is 111 Å². The molecule has 1 unspecified atom stereocenters. The van der Waals surface area contributed by atoms with Gasteiger partial charge in [-0.1, -0.05) is 28.1 Å². The molecule has 2 rings (SSSR count). The molecule has 146 valence electrons. The van der Waals surface area contributed by atoms with Crippen molar-refractivity contribution in [2.45, 2.75) is 19.8 Å². The van der Waals surface area contributed by atoms with E-state index in [2.05, 4.69) is 21.2 Å². The van der Waals surface area contributed by atoms with E-state index in [1.165, 1.54) is 19.2 Å². The number of methoxy groups -OCH3 is 1. The lowest BCUT2D eigenvalue weighted by atomic mass is 9.80. The third kappa shape index (κ3) is 4.49. The number of ether oxygens (including phenoxy) is 2. The summed E-state index contributed by atoms with van der Waals surface area (Å²) in [4.78, 5) is 25.1. The van der Waals surface area contributed by atoms with Crippen LogP contribution in [0, 0.1) is 5.21 Å². The molecule has 0 aromatic heterocycles. The van der Waals surface area contributed by atoms with E-state index in [4.69, 9.17) is 9.47 Å². The zero-order valence-corrected chi connectivity index (χ0v) is 16.7. The molecular formula is C18H20BrN2O6-. The van der Waals surface area contributed by atoms with Gasteiger partial charge < -0.3 is 25.2 Å². The number of hydrogen-bond donors (Lipinski definition) is 2. The SMILES string of the molecule is COC(=O)C1=C(C)NC(C)=C(C(=O)OCCBr)C1c1cccc(N([O-])O)c1. The van der Waals surface area contributed by atoms with Crippen molar-refractivity contribution in [1.82, 2.24) is 5.32 Å². The smallest absolute Gasteiger partial charge is 0.336 e. The summed E-state index contributed by atoms with van der Waals surface area (Å²) in [6, 6.07) is 6.02. The van der Waals surface area contributed by atoms with Gasteiger partial charge in [0.1, 0.15) is 6.61 Å². The van der Waals surface area contributed by atoms with Gasteiger partial charge in [-0.25, -0.2) is 9.59 Å². The molecule has 9 heteroatoms. The summed E-state index contributed by atoms with van der Waals surface area (Å²) >= 11 is 3.20. The number of carbonyl (C=O) groups excluding carboxylic acids is 2. The highest BCUT2D eigenvalue weighted by atomic mass is 79.9. The third-order valence-corrected chi connectivity index (χ3v) is 4.44. The summed E-state index contributed by atoms with van der Waals surface area (Å²) in [6.07, 6.45) is 0. The van der Waals surface area contributed by atoms with Crippen molar-refractivity contribution in [2.24, 2.45) is 0 Å². The zero-order chi connectivity index (χ0) is 20.1. The first kappa shape index (κ1) is 20.9. The van der Waals surface area contributed by atoms with Crippen LogP contribution in [0.1, 0.15) is 25.3 Å². The number of carbonyl (C=O) groups is 2. The Morgan fingerprint density at radius 2 is 1.89 bits per heavy atom. The van der Waals surface area contributed by atoms with Crippen LogP contribution in [0.3, 0.4) is 0 Å². The molecule has 1 aromatic rings. The van der Waals surface area contributed by atoms with Crippen LogP contribution >= 0.6 is 15.9 Å². The highest BCUT2D eigenvalue weighted by Gasteiger charge is 2.37. The van der Waals surface area contributed by atoms with Gasteiger partial charge in [-0.2, -0.15) is 0 Å². The number of halogens is 1. The number of esters is 2. The molecule has 2 N–H and O–H groups in total. The van der Waals surface area contributed by atoms with Crippen molar-refractivity contribution >= 4 is 33.6 Å². The number of allylic oxidation sites excluding steroid dienone is 2. The van der Waals surface area contributed by atoms with Crippen LogP contribution in [0.15, 0.2) is 46.8 Å². The van der Waals surface area contributed by atoms with Crippen LogP contribution in [0.2, 0.25) is 0 Å². The van der Waals surface area contributed by atoms with Crippen LogP contribution in [-0.4, -0.2) is 36.2 Å². The summed E-state index contributed by atoms with van der Waals surface area (Å²) in [7, 11) is 1.25. The first-order chi connectivity index (χ1) is 12.8. The number of dihydropyridines is 1. The first-order valence-electron chi connectivity index (χ1n) is 8.07. The summed E-state index contributed by atoms with van der Waals surface area (Å²) in [6.45, 7) is 3.55. The molecule has 0 bridgehead atoms. The largest absolute Gasteiger partial charge is 0.733 e. The van der Waals surface area contributed by atoms with Crippen molar-refractivity contribution in [1.29, 1.82) is 0 Å². The van der Waals surface area contributed by atoms with Crippen LogP contribution < -0.4 is 10.5 Å². The van der Waals surface area contributed by atoms with Crippen molar-refractivity contribution in [3.63, 3.8) is 0 Å². The molecule has 8 nitrogen and oxygen atoms in total. The zero-order valence-electron chi connectivity index (χ0n) is 15.1. The monoisotopic (exact) mass is 439 g/mol. The summed E-state index contributed by atoms with van der Waals surface area (Å²) in [5.41, 5.74) is 1.94. The minimum Gasteiger partial charge on any atom is -0.733 e. The Morgan fingerprint density at radius 1 is 1.26 bits per heavy atom. The predicted molar refractivity (Wildman–Crippen MR) is 102 cm³/mol. The standard InChI is InChI=1S/C18H20BrN2O6/c1-10-14(17(22)26-3)16(12-5-4-6-13(9-12)21(24)25)15(11(2)20-10)18(23)27-8-7-19/h4-6,9,16,20,24H,7-8H2,1-3H3/q-1. The van der Waals surface area contributed by atoms with Crippen LogP contribution in [0.5, 0.6) is 0 Å². The summed E-state index contributed by atoms with van der Waals surface area (Å²) in [5.74, 6) is -2.02. The second kappa shape index (κ2) is 9.03.